The third-order valence-corrected chi connectivity index (χ3v) is 3.50. The van der Waals surface area contributed by atoms with Gasteiger partial charge in [-0.1, -0.05) is 29.7 Å². The maximum absolute atomic E-state index is 11.8. The Morgan fingerprint density at radius 1 is 1.38 bits per heavy atom. The lowest BCUT2D eigenvalue weighted by molar-refractivity contribution is -0.115. The molecule has 0 bridgehead atoms. The fourth-order valence-corrected chi connectivity index (χ4v) is 2.30. The Hall–Kier alpha value is -2.19. The second-order valence-corrected chi connectivity index (χ2v) is 7.10. The number of ether oxygens (including phenoxy) is 1. The van der Waals surface area contributed by atoms with Crippen molar-refractivity contribution in [2.45, 2.75) is 32.9 Å². The van der Waals surface area contributed by atoms with E-state index < -0.39 is 5.60 Å². The molecule has 6 heteroatoms. The summed E-state index contributed by atoms with van der Waals surface area (Å²) in [5.74, 6) is 5.11. The van der Waals surface area contributed by atoms with Gasteiger partial charge in [-0.25, -0.2) is 4.79 Å². The van der Waals surface area contributed by atoms with Crippen LogP contribution < -0.4 is 5.32 Å². The zero-order valence-electron chi connectivity index (χ0n) is 14.1. The Balaban J connectivity index is 1.72. The number of carbonyl (C=O) groups is 2. The van der Waals surface area contributed by atoms with Gasteiger partial charge in [0.15, 0.2) is 0 Å². The third-order valence-electron chi connectivity index (χ3n) is 3.27. The molecule has 1 N–H and O–H groups in total. The normalized spacial score (nSPS) is 14.2. The van der Waals surface area contributed by atoms with Crippen molar-refractivity contribution in [2.24, 2.45) is 5.92 Å². The third kappa shape index (κ3) is 5.78. The number of hydrogen-bond donors (Lipinski definition) is 1. The van der Waals surface area contributed by atoms with Crippen LogP contribution in [0.2, 0.25) is 5.02 Å². The molecule has 0 atom stereocenters. The van der Waals surface area contributed by atoms with Gasteiger partial charge in [0.2, 0.25) is 0 Å². The van der Waals surface area contributed by atoms with E-state index in [0.29, 0.717) is 24.7 Å². The molecular formula is C18H21ClN2O3. The molecule has 1 aromatic carbocycles. The minimum atomic E-state index is -0.506. The van der Waals surface area contributed by atoms with Crippen LogP contribution in [0.5, 0.6) is 0 Å². The smallest absolute Gasteiger partial charge is 0.410 e. The van der Waals surface area contributed by atoms with Crippen molar-refractivity contribution in [1.29, 1.82) is 0 Å². The van der Waals surface area contributed by atoms with Gasteiger partial charge in [0.05, 0.1) is 5.92 Å². The Labute approximate surface area is 147 Å². The van der Waals surface area contributed by atoms with Gasteiger partial charge < -0.3 is 15.0 Å². The van der Waals surface area contributed by atoms with E-state index in [1.165, 1.54) is 0 Å². The first-order valence-corrected chi connectivity index (χ1v) is 8.12. The first-order valence-electron chi connectivity index (χ1n) is 7.75. The van der Waals surface area contributed by atoms with Crippen LogP contribution in [0.15, 0.2) is 24.3 Å². The molecule has 1 fully saturated rings. The Bertz CT molecular complexity index is 679. The monoisotopic (exact) mass is 348 g/mol. The molecule has 5 nitrogen and oxygen atoms in total. The molecule has 0 radical (unpaired) electrons. The quantitative estimate of drug-likeness (QED) is 0.836. The highest BCUT2D eigenvalue weighted by atomic mass is 35.5. The van der Waals surface area contributed by atoms with Crippen LogP contribution in [0, 0.1) is 17.8 Å². The lowest BCUT2D eigenvalue weighted by Crippen LogP contribution is -2.51. The van der Waals surface area contributed by atoms with Crippen LogP contribution in [-0.2, 0) is 16.1 Å². The summed E-state index contributed by atoms with van der Waals surface area (Å²) < 4.78 is 5.26. The minimum Gasteiger partial charge on any atom is -0.444 e. The minimum absolute atomic E-state index is 0.00874. The molecule has 0 spiro atoms. The number of rotatable bonds is 2. The predicted octanol–water partition coefficient (Wildman–Crippen LogP) is 2.83. The molecule has 2 amide bonds. The van der Waals surface area contributed by atoms with E-state index in [1.807, 2.05) is 32.9 Å². The highest BCUT2D eigenvalue weighted by Gasteiger charge is 2.32. The standard InChI is InChI=1S/C18H21ClN2O3/c1-18(2,3)24-17(23)21-11-14(12-21)7-8-16(22)20-10-13-5-4-6-15(19)9-13/h4-6,9,14H,10-12H2,1-3H3,(H,20,22). The Kier molecular flexibility index (Phi) is 5.74. The first kappa shape index (κ1) is 18.2. The Morgan fingerprint density at radius 3 is 2.71 bits per heavy atom. The lowest BCUT2D eigenvalue weighted by Gasteiger charge is -2.37. The van der Waals surface area contributed by atoms with Gasteiger partial charge in [0, 0.05) is 24.7 Å². The topological polar surface area (TPSA) is 58.6 Å². The van der Waals surface area contributed by atoms with Gasteiger partial charge >= 0.3 is 6.09 Å². The fraction of sp³-hybridized carbons (Fsp3) is 0.444. The summed E-state index contributed by atoms with van der Waals surface area (Å²) >= 11 is 5.89. The highest BCUT2D eigenvalue weighted by molar-refractivity contribution is 6.30. The van der Waals surface area contributed by atoms with Gasteiger partial charge in [-0.3, -0.25) is 4.79 Å². The number of hydrogen-bond acceptors (Lipinski definition) is 3. The summed E-state index contributed by atoms with van der Waals surface area (Å²) in [5, 5.41) is 3.35. The molecule has 24 heavy (non-hydrogen) atoms. The van der Waals surface area contributed by atoms with E-state index in [2.05, 4.69) is 17.2 Å². The van der Waals surface area contributed by atoms with Crippen molar-refractivity contribution in [3.8, 4) is 11.8 Å². The zero-order valence-corrected chi connectivity index (χ0v) is 14.8. The molecular weight excluding hydrogens is 328 g/mol. The van der Waals surface area contributed by atoms with Crippen molar-refractivity contribution in [2.75, 3.05) is 13.1 Å². The molecule has 0 saturated carbocycles. The average molecular weight is 349 g/mol. The summed E-state index contributed by atoms with van der Waals surface area (Å²) in [6, 6.07) is 7.28. The average Bonchev–Trinajstić information content (AvgIpc) is 2.41. The molecule has 1 saturated heterocycles. The largest absolute Gasteiger partial charge is 0.444 e. The van der Waals surface area contributed by atoms with Crippen molar-refractivity contribution in [3.05, 3.63) is 34.9 Å². The second-order valence-electron chi connectivity index (χ2n) is 6.66. The van der Waals surface area contributed by atoms with Crippen LogP contribution in [-0.4, -0.2) is 35.6 Å². The number of nitrogens with zero attached hydrogens (tertiary/aromatic N) is 1. The molecule has 1 aliphatic heterocycles. The number of nitrogens with one attached hydrogen (secondary N) is 1. The molecule has 128 valence electrons. The van der Waals surface area contributed by atoms with Gasteiger partial charge in [0.1, 0.15) is 5.60 Å². The highest BCUT2D eigenvalue weighted by Crippen LogP contribution is 2.18. The van der Waals surface area contributed by atoms with E-state index >= 15 is 0 Å². The number of benzene rings is 1. The summed E-state index contributed by atoms with van der Waals surface area (Å²) in [5.41, 5.74) is 0.408. The number of amides is 2. The second kappa shape index (κ2) is 7.59. The van der Waals surface area contributed by atoms with Gasteiger partial charge in [-0.15, -0.1) is 0 Å². The summed E-state index contributed by atoms with van der Waals surface area (Å²) in [7, 11) is 0. The van der Waals surface area contributed by atoms with Gasteiger partial charge in [-0.2, -0.15) is 0 Å². The van der Waals surface area contributed by atoms with Crippen LogP contribution in [0.25, 0.3) is 0 Å². The van der Waals surface area contributed by atoms with Gasteiger partial charge in [-0.05, 0) is 44.4 Å². The lowest BCUT2D eigenvalue weighted by atomic mass is 10.0. The molecule has 0 aliphatic carbocycles. The SMILES string of the molecule is CC(C)(C)OC(=O)N1CC(C#CC(=O)NCc2cccc(Cl)c2)C1. The van der Waals surface area contributed by atoms with Crippen molar-refractivity contribution < 1.29 is 14.3 Å². The Morgan fingerprint density at radius 2 is 2.08 bits per heavy atom. The van der Waals surface area contributed by atoms with Crippen molar-refractivity contribution >= 4 is 23.6 Å². The molecule has 0 aromatic heterocycles. The molecule has 0 unspecified atom stereocenters. The zero-order chi connectivity index (χ0) is 17.7. The molecule has 2 rings (SSSR count). The van der Waals surface area contributed by atoms with Crippen LogP contribution in [0.1, 0.15) is 26.3 Å². The van der Waals surface area contributed by atoms with E-state index in [-0.39, 0.29) is 17.9 Å². The summed E-state index contributed by atoms with van der Waals surface area (Å²) in [4.78, 5) is 25.1. The van der Waals surface area contributed by atoms with Crippen molar-refractivity contribution in [1.82, 2.24) is 10.2 Å². The van der Waals surface area contributed by atoms with E-state index in [1.54, 1.807) is 17.0 Å². The van der Waals surface area contributed by atoms with E-state index in [4.69, 9.17) is 16.3 Å². The maximum atomic E-state index is 11.8. The summed E-state index contributed by atoms with van der Waals surface area (Å²) in [6.07, 6.45) is -0.342. The molecule has 1 heterocycles. The number of carbonyl (C=O) groups excluding carboxylic acids is 2. The maximum Gasteiger partial charge on any atom is 0.410 e. The predicted molar refractivity (Wildman–Crippen MR) is 92.4 cm³/mol. The molecule has 1 aliphatic rings. The van der Waals surface area contributed by atoms with Crippen LogP contribution >= 0.6 is 11.6 Å². The van der Waals surface area contributed by atoms with E-state index in [0.717, 1.165) is 5.56 Å². The fourth-order valence-electron chi connectivity index (χ4n) is 2.09. The van der Waals surface area contributed by atoms with Crippen molar-refractivity contribution in [3.63, 3.8) is 0 Å². The number of likely N-dealkylation sites (tertiary alicyclic amines) is 1. The van der Waals surface area contributed by atoms with Crippen LogP contribution in [0.4, 0.5) is 4.79 Å². The van der Waals surface area contributed by atoms with Crippen LogP contribution in [0.3, 0.4) is 0 Å². The van der Waals surface area contributed by atoms with Gasteiger partial charge in [0.25, 0.3) is 5.91 Å². The van der Waals surface area contributed by atoms with E-state index in [9.17, 15) is 9.59 Å². The number of halogens is 1. The first-order chi connectivity index (χ1) is 11.2. The molecule has 1 aromatic rings. The summed E-state index contributed by atoms with van der Waals surface area (Å²) in [6.45, 7) is 6.83.